The largest absolute Gasteiger partial charge is 0.376 e. The van der Waals surface area contributed by atoms with Gasteiger partial charge in [0.15, 0.2) is 0 Å². The predicted octanol–water partition coefficient (Wildman–Crippen LogP) is 4.14. The first kappa shape index (κ1) is 15.3. The van der Waals surface area contributed by atoms with E-state index in [9.17, 15) is 0 Å². The molecule has 0 amide bonds. The van der Waals surface area contributed by atoms with Gasteiger partial charge in [0.1, 0.15) is 0 Å². The molecule has 0 aromatic heterocycles. The van der Waals surface area contributed by atoms with Crippen molar-refractivity contribution in [3.63, 3.8) is 0 Å². The molecule has 0 spiro atoms. The topological polar surface area (TPSA) is 12.5 Å². The van der Waals surface area contributed by atoms with Crippen LogP contribution in [0.4, 0.5) is 0 Å². The second-order valence-electron chi connectivity index (χ2n) is 6.57. The van der Waals surface area contributed by atoms with Crippen LogP contribution >= 0.6 is 11.8 Å². The average Bonchev–Trinajstić information content (AvgIpc) is 2.73. The maximum absolute atomic E-state index is 6.07. The highest BCUT2D eigenvalue weighted by atomic mass is 32.2. The van der Waals surface area contributed by atoms with Crippen molar-refractivity contribution < 1.29 is 4.74 Å². The summed E-state index contributed by atoms with van der Waals surface area (Å²) in [6.45, 7) is 2.93. The third kappa shape index (κ3) is 3.18. The molecule has 0 saturated carbocycles. The number of morpholine rings is 1. The van der Waals surface area contributed by atoms with Crippen LogP contribution in [0.15, 0.2) is 53.4 Å². The molecule has 23 heavy (non-hydrogen) atoms. The van der Waals surface area contributed by atoms with E-state index in [1.165, 1.54) is 21.6 Å². The van der Waals surface area contributed by atoms with Gasteiger partial charge in [-0.1, -0.05) is 42.5 Å². The van der Waals surface area contributed by atoms with Crippen molar-refractivity contribution in [2.45, 2.75) is 29.1 Å². The van der Waals surface area contributed by atoms with E-state index in [4.69, 9.17) is 4.74 Å². The zero-order valence-corrected chi connectivity index (χ0v) is 14.4. The van der Waals surface area contributed by atoms with Crippen LogP contribution in [0.5, 0.6) is 0 Å². The van der Waals surface area contributed by atoms with E-state index in [1.807, 2.05) is 11.8 Å². The quantitative estimate of drug-likeness (QED) is 0.823. The van der Waals surface area contributed by atoms with Crippen LogP contribution in [-0.4, -0.2) is 37.7 Å². The van der Waals surface area contributed by atoms with Gasteiger partial charge in [0.2, 0.25) is 0 Å². The van der Waals surface area contributed by atoms with E-state index < -0.39 is 0 Å². The number of ether oxygens (including phenoxy) is 1. The van der Waals surface area contributed by atoms with Crippen LogP contribution < -0.4 is 0 Å². The molecular formula is C20H23NOS. The Balaban J connectivity index is 1.71. The fourth-order valence-corrected chi connectivity index (χ4v) is 4.88. The molecule has 0 radical (unpaired) electrons. The zero-order valence-electron chi connectivity index (χ0n) is 13.6. The Labute approximate surface area is 142 Å². The Morgan fingerprint density at radius 2 is 1.87 bits per heavy atom. The Morgan fingerprint density at radius 3 is 2.74 bits per heavy atom. The monoisotopic (exact) mass is 325 g/mol. The lowest BCUT2D eigenvalue weighted by Crippen LogP contribution is -2.40. The number of benzene rings is 2. The number of nitrogens with zero attached hydrogens (tertiary/aromatic N) is 1. The van der Waals surface area contributed by atoms with Crippen molar-refractivity contribution in [2.75, 3.05) is 26.7 Å². The summed E-state index contributed by atoms with van der Waals surface area (Å²) in [5, 5.41) is 0. The van der Waals surface area contributed by atoms with E-state index in [0.29, 0.717) is 12.0 Å². The van der Waals surface area contributed by atoms with Crippen LogP contribution in [0.3, 0.4) is 0 Å². The first-order valence-corrected chi connectivity index (χ1v) is 9.39. The maximum Gasteiger partial charge on any atom is 0.0711 e. The molecule has 2 aliphatic rings. The van der Waals surface area contributed by atoms with Crippen molar-refractivity contribution in [1.82, 2.24) is 4.90 Å². The van der Waals surface area contributed by atoms with Crippen LogP contribution in [0, 0.1) is 0 Å². The number of hydrogen-bond acceptors (Lipinski definition) is 3. The van der Waals surface area contributed by atoms with E-state index in [2.05, 4.69) is 60.5 Å². The minimum Gasteiger partial charge on any atom is -0.376 e. The molecule has 3 heteroatoms. The number of thioether (sulfide) groups is 1. The number of fused-ring (bicyclic) bond motifs is 2. The van der Waals surface area contributed by atoms with E-state index in [-0.39, 0.29) is 0 Å². The van der Waals surface area contributed by atoms with Gasteiger partial charge >= 0.3 is 0 Å². The van der Waals surface area contributed by atoms with Gasteiger partial charge in [0.05, 0.1) is 12.7 Å². The molecule has 2 unspecified atom stereocenters. The van der Waals surface area contributed by atoms with Gasteiger partial charge in [-0.05, 0) is 36.2 Å². The summed E-state index contributed by atoms with van der Waals surface area (Å²) >= 11 is 1.97. The van der Waals surface area contributed by atoms with Gasteiger partial charge in [-0.3, -0.25) is 0 Å². The molecule has 2 nitrogen and oxygen atoms in total. The van der Waals surface area contributed by atoms with Crippen LogP contribution in [0.1, 0.15) is 29.0 Å². The van der Waals surface area contributed by atoms with Gasteiger partial charge in [-0.15, -0.1) is 11.8 Å². The molecular weight excluding hydrogens is 302 g/mol. The van der Waals surface area contributed by atoms with Gasteiger partial charge in [-0.25, -0.2) is 0 Å². The fraction of sp³-hybridized carbons (Fsp3) is 0.400. The maximum atomic E-state index is 6.07. The van der Waals surface area contributed by atoms with E-state index >= 15 is 0 Å². The molecule has 4 rings (SSSR count). The third-order valence-electron chi connectivity index (χ3n) is 4.95. The van der Waals surface area contributed by atoms with Gasteiger partial charge in [-0.2, -0.15) is 0 Å². The minimum absolute atomic E-state index is 0.322. The highest BCUT2D eigenvalue weighted by Gasteiger charge is 2.28. The van der Waals surface area contributed by atoms with Gasteiger partial charge in [0.25, 0.3) is 0 Å². The standard InChI is InChI=1S/C20H23NOS/c1-21-10-11-22-16(13-21)12-19-17-7-3-2-6-15(17)14-23-20-9-5-4-8-18(19)20/h2-9,16,19H,10-14H2,1H3. The van der Waals surface area contributed by atoms with E-state index in [1.54, 1.807) is 0 Å². The van der Waals surface area contributed by atoms with Crippen molar-refractivity contribution in [3.05, 3.63) is 65.2 Å². The summed E-state index contributed by atoms with van der Waals surface area (Å²) < 4.78 is 6.07. The second kappa shape index (κ2) is 6.68. The fourth-order valence-electron chi connectivity index (χ4n) is 3.75. The van der Waals surface area contributed by atoms with Crippen LogP contribution in [0.2, 0.25) is 0 Å². The molecule has 0 N–H and O–H groups in total. The predicted molar refractivity (Wildman–Crippen MR) is 96.1 cm³/mol. The van der Waals surface area contributed by atoms with Crippen LogP contribution in [0.25, 0.3) is 0 Å². The summed E-state index contributed by atoms with van der Waals surface area (Å²) in [4.78, 5) is 3.81. The van der Waals surface area contributed by atoms with Crippen molar-refractivity contribution in [2.24, 2.45) is 0 Å². The molecule has 2 aliphatic heterocycles. The molecule has 0 aliphatic carbocycles. The second-order valence-corrected chi connectivity index (χ2v) is 7.59. The lowest BCUT2D eigenvalue weighted by atomic mass is 9.84. The molecule has 1 saturated heterocycles. The molecule has 2 heterocycles. The smallest absolute Gasteiger partial charge is 0.0711 e. The van der Waals surface area contributed by atoms with Crippen LogP contribution in [-0.2, 0) is 10.5 Å². The van der Waals surface area contributed by atoms with Crippen molar-refractivity contribution >= 4 is 11.8 Å². The van der Waals surface area contributed by atoms with Crippen molar-refractivity contribution in [3.8, 4) is 0 Å². The van der Waals surface area contributed by atoms with E-state index in [0.717, 1.165) is 31.9 Å². The minimum atomic E-state index is 0.322. The van der Waals surface area contributed by atoms with Crippen molar-refractivity contribution in [1.29, 1.82) is 0 Å². The summed E-state index contributed by atoms with van der Waals surface area (Å²) in [7, 11) is 2.19. The highest BCUT2D eigenvalue weighted by molar-refractivity contribution is 7.98. The molecule has 2 aromatic carbocycles. The zero-order chi connectivity index (χ0) is 15.6. The summed E-state index contributed by atoms with van der Waals surface area (Å²) in [5.74, 6) is 1.50. The Kier molecular flexibility index (Phi) is 4.43. The summed E-state index contributed by atoms with van der Waals surface area (Å²) in [6, 6.07) is 17.9. The average molecular weight is 325 g/mol. The summed E-state index contributed by atoms with van der Waals surface area (Å²) in [5.41, 5.74) is 4.43. The third-order valence-corrected chi connectivity index (χ3v) is 6.09. The Hall–Kier alpha value is -1.29. The molecule has 2 atom stereocenters. The highest BCUT2D eigenvalue weighted by Crippen LogP contribution is 2.42. The first-order chi connectivity index (χ1) is 11.3. The molecule has 1 fully saturated rings. The molecule has 120 valence electrons. The van der Waals surface area contributed by atoms with Gasteiger partial charge < -0.3 is 9.64 Å². The first-order valence-electron chi connectivity index (χ1n) is 8.41. The lowest BCUT2D eigenvalue weighted by molar-refractivity contribution is -0.0251. The number of likely N-dealkylation sites (N-methyl/N-ethyl adjacent to an activating group) is 1. The Morgan fingerprint density at radius 1 is 1.09 bits per heavy atom. The SMILES string of the molecule is CN1CCOC(CC2c3ccccc3CSc3ccccc32)C1. The number of hydrogen-bond donors (Lipinski definition) is 0. The number of rotatable bonds is 2. The molecule has 0 bridgehead atoms. The lowest BCUT2D eigenvalue weighted by Gasteiger charge is -2.33. The Bertz CT molecular complexity index is 639. The molecule has 2 aromatic rings. The normalized spacial score (nSPS) is 24.6. The van der Waals surface area contributed by atoms with Gasteiger partial charge in [0, 0.05) is 29.7 Å². The summed E-state index contributed by atoms with van der Waals surface area (Å²) in [6.07, 6.45) is 1.39.